The molecule has 5 aromatic heterocycles. The minimum absolute atomic E-state index is 0.127. The normalized spacial score (nSPS) is 11.3. The molecule has 0 aliphatic heterocycles. The monoisotopic (exact) mass is 668 g/mol. The minimum atomic E-state index is -0.374. The molecule has 7 rings (SSSR count). The summed E-state index contributed by atoms with van der Waals surface area (Å²) in [5.74, 6) is 0.188. The molecule has 0 atom stereocenters. The molecule has 15 heteroatoms. The summed E-state index contributed by atoms with van der Waals surface area (Å²) in [7, 11) is 6.71. The number of benzene rings is 2. The van der Waals surface area contributed by atoms with Crippen molar-refractivity contribution < 1.29 is 23.0 Å². The lowest BCUT2D eigenvalue weighted by molar-refractivity contribution is 0.0982. The Morgan fingerprint density at radius 1 is 0.796 bits per heavy atom. The molecule has 13 nitrogen and oxygen atoms in total. The van der Waals surface area contributed by atoms with Gasteiger partial charge in [0.15, 0.2) is 17.3 Å². The Morgan fingerprint density at radius 2 is 1.41 bits per heavy atom. The first-order chi connectivity index (χ1) is 23.6. The van der Waals surface area contributed by atoms with Crippen LogP contribution in [0.1, 0.15) is 21.9 Å². The molecular formula is C34H34F2N10O3. The average Bonchev–Trinajstić information content (AvgIpc) is 3.72. The number of nitrogens with one attached hydrogen (secondary N) is 2. The molecule has 0 aliphatic carbocycles. The molecule has 0 bridgehead atoms. The van der Waals surface area contributed by atoms with Gasteiger partial charge in [0.05, 0.1) is 33.8 Å². The van der Waals surface area contributed by atoms with Crippen LogP contribution in [0, 0.1) is 25.5 Å². The van der Waals surface area contributed by atoms with Crippen molar-refractivity contribution in [3.63, 3.8) is 0 Å². The summed E-state index contributed by atoms with van der Waals surface area (Å²) in [5, 5.41) is 23.7. The number of hydrogen-bond acceptors (Lipinski definition) is 9. The van der Waals surface area contributed by atoms with E-state index in [1.165, 1.54) is 31.4 Å². The first-order valence-corrected chi connectivity index (χ1v) is 15.2. The van der Waals surface area contributed by atoms with Crippen LogP contribution in [0.5, 0.6) is 0 Å². The highest BCUT2D eigenvalue weighted by Gasteiger charge is 2.19. The second kappa shape index (κ2) is 13.7. The van der Waals surface area contributed by atoms with E-state index >= 15 is 0 Å². The summed E-state index contributed by atoms with van der Waals surface area (Å²) in [6.07, 6.45) is 0. The topological polar surface area (TPSA) is 139 Å². The Labute approximate surface area is 279 Å². The van der Waals surface area contributed by atoms with Gasteiger partial charge in [0.1, 0.15) is 36.3 Å². The van der Waals surface area contributed by atoms with Crippen LogP contribution in [0.3, 0.4) is 0 Å². The number of nitrogens with zero attached hydrogens (tertiary/aromatic N) is 8. The molecular weight excluding hydrogens is 634 g/mol. The number of carbonyl (C=O) groups is 1. The highest BCUT2D eigenvalue weighted by Crippen LogP contribution is 2.30. The van der Waals surface area contributed by atoms with Crippen molar-refractivity contribution >= 4 is 50.4 Å². The lowest BCUT2D eigenvalue weighted by Crippen LogP contribution is -2.19. The number of fused-ring (bicyclic) bond motifs is 3. The maximum atomic E-state index is 13.7. The Bertz CT molecular complexity index is 2330. The molecule has 49 heavy (non-hydrogen) atoms. The first kappa shape index (κ1) is 33.1. The largest absolute Gasteiger partial charge is 0.370 e. The van der Waals surface area contributed by atoms with Crippen LogP contribution in [0.15, 0.2) is 60.7 Å². The molecule has 0 saturated heterocycles. The Morgan fingerprint density at radius 3 is 2.08 bits per heavy atom. The molecule has 0 spiro atoms. The third-order valence-electron chi connectivity index (χ3n) is 7.85. The Balaban J connectivity index is 0.000000170. The van der Waals surface area contributed by atoms with Crippen molar-refractivity contribution in [1.82, 2.24) is 39.1 Å². The zero-order chi connectivity index (χ0) is 34.8. The van der Waals surface area contributed by atoms with E-state index in [4.69, 9.17) is 14.5 Å². The third-order valence-corrected chi connectivity index (χ3v) is 7.85. The smallest absolute Gasteiger partial charge is 0.272 e. The Hall–Kier alpha value is -5.80. The lowest BCUT2D eigenvalue weighted by Gasteiger charge is -2.12. The molecule has 5 heterocycles. The maximum Gasteiger partial charge on any atom is 0.272 e. The van der Waals surface area contributed by atoms with Crippen molar-refractivity contribution in [2.45, 2.75) is 27.3 Å². The number of anilines is 2. The van der Waals surface area contributed by atoms with E-state index in [0.717, 1.165) is 39.0 Å². The maximum absolute atomic E-state index is 13.7. The van der Waals surface area contributed by atoms with Crippen LogP contribution in [-0.4, -0.2) is 66.3 Å². The number of ether oxygens (including phenoxy) is 2. The van der Waals surface area contributed by atoms with Gasteiger partial charge in [0.2, 0.25) is 0 Å². The lowest BCUT2D eigenvalue weighted by atomic mass is 10.2. The van der Waals surface area contributed by atoms with Crippen LogP contribution >= 0.6 is 0 Å². The van der Waals surface area contributed by atoms with Crippen LogP contribution in [0.2, 0.25) is 0 Å². The molecule has 252 valence electrons. The van der Waals surface area contributed by atoms with Gasteiger partial charge in [-0.1, -0.05) is 0 Å². The number of methoxy groups -OCH3 is 2. The zero-order valence-corrected chi connectivity index (χ0v) is 27.7. The molecule has 2 N–H and O–H groups in total. The average molecular weight is 669 g/mol. The summed E-state index contributed by atoms with van der Waals surface area (Å²) in [4.78, 5) is 17.5. The van der Waals surface area contributed by atoms with Crippen LogP contribution in [0.4, 0.5) is 20.3 Å². The molecule has 0 radical (unpaired) electrons. The fourth-order valence-electron chi connectivity index (χ4n) is 5.63. The highest BCUT2D eigenvalue weighted by molar-refractivity contribution is 6.07. The molecule has 0 unspecified atom stereocenters. The zero-order valence-electron chi connectivity index (χ0n) is 27.7. The van der Waals surface area contributed by atoms with E-state index in [1.807, 2.05) is 35.2 Å². The van der Waals surface area contributed by atoms with Crippen molar-refractivity contribution in [3.05, 3.63) is 89.4 Å². The van der Waals surface area contributed by atoms with E-state index in [1.54, 1.807) is 49.9 Å². The fraction of sp³-hybridized carbons (Fsp3) is 0.235. The van der Waals surface area contributed by atoms with E-state index in [-0.39, 0.29) is 24.3 Å². The molecule has 0 saturated carbocycles. The van der Waals surface area contributed by atoms with Gasteiger partial charge in [-0.15, -0.1) is 10.2 Å². The van der Waals surface area contributed by atoms with Crippen LogP contribution < -0.4 is 10.6 Å². The second-order valence-corrected chi connectivity index (χ2v) is 11.3. The van der Waals surface area contributed by atoms with Gasteiger partial charge in [0, 0.05) is 39.1 Å². The van der Waals surface area contributed by atoms with Crippen LogP contribution in [-0.2, 0) is 30.0 Å². The molecule has 0 aliphatic rings. The standard InChI is InChI=1S/C17H18FN5O2.C17H16FN5O/c1-10-6-13(16(19-2)22-21-10)20-17(24)15-7-11-4-5-12(18)8-14(11)23(15)9-25-3;1-10-6-13-16(21-20-10)22(2)17(19-13)15-7-11-4-5-12(18)8-14(11)23(15)9-24-3/h4-8H,9H2,1-3H3,(H,19,22)(H,20,21,24);4-8H,9H2,1-3H3. The predicted molar refractivity (Wildman–Crippen MR) is 182 cm³/mol. The molecule has 7 aromatic rings. The minimum Gasteiger partial charge on any atom is -0.370 e. The van der Waals surface area contributed by atoms with Crippen LogP contribution in [0.25, 0.3) is 44.5 Å². The number of amides is 1. The number of halogens is 2. The highest BCUT2D eigenvalue weighted by atomic mass is 19.1. The van der Waals surface area contributed by atoms with E-state index < -0.39 is 0 Å². The van der Waals surface area contributed by atoms with Crippen molar-refractivity contribution in [3.8, 4) is 11.5 Å². The van der Waals surface area contributed by atoms with E-state index in [0.29, 0.717) is 40.8 Å². The molecule has 0 fully saturated rings. The fourth-order valence-corrected chi connectivity index (χ4v) is 5.63. The number of aryl methyl sites for hydroxylation is 3. The number of imidazole rings is 1. The third kappa shape index (κ3) is 6.53. The Kier molecular flexibility index (Phi) is 9.29. The van der Waals surface area contributed by atoms with Gasteiger partial charge in [-0.2, -0.15) is 10.2 Å². The van der Waals surface area contributed by atoms with Gasteiger partial charge in [-0.25, -0.2) is 13.8 Å². The summed E-state index contributed by atoms with van der Waals surface area (Å²) in [6.45, 7) is 4.09. The van der Waals surface area contributed by atoms with Crippen molar-refractivity contribution in [2.24, 2.45) is 7.05 Å². The SMILES string of the molecule is CNc1nnc(C)cc1NC(=O)c1cc2ccc(F)cc2n1COC.COCn1c(-c2nc3cc(C)nnc3n2C)cc2ccc(F)cc21. The van der Waals surface area contributed by atoms with Gasteiger partial charge in [-0.05, 0) is 74.5 Å². The second-order valence-electron chi connectivity index (χ2n) is 11.3. The summed E-state index contributed by atoms with van der Waals surface area (Å²) >= 11 is 0. The summed E-state index contributed by atoms with van der Waals surface area (Å²) < 4.78 is 43.1. The van der Waals surface area contributed by atoms with Gasteiger partial charge in [-0.3, -0.25) is 4.79 Å². The summed E-state index contributed by atoms with van der Waals surface area (Å²) in [5.41, 5.74) is 6.04. The first-order valence-electron chi connectivity index (χ1n) is 15.2. The molecule has 1 amide bonds. The van der Waals surface area contributed by atoms with Crippen molar-refractivity contribution in [2.75, 3.05) is 31.9 Å². The van der Waals surface area contributed by atoms with Gasteiger partial charge < -0.3 is 33.8 Å². The summed E-state index contributed by atoms with van der Waals surface area (Å²) in [6, 6.07) is 16.4. The number of hydrogen-bond donors (Lipinski definition) is 2. The predicted octanol–water partition coefficient (Wildman–Crippen LogP) is 5.81. The quantitative estimate of drug-likeness (QED) is 0.205. The van der Waals surface area contributed by atoms with E-state index in [9.17, 15) is 13.6 Å². The van der Waals surface area contributed by atoms with Gasteiger partial charge >= 0.3 is 0 Å². The number of aromatic nitrogens is 8. The number of rotatable bonds is 8. The molecule has 2 aromatic carbocycles. The van der Waals surface area contributed by atoms with E-state index in [2.05, 4.69) is 31.0 Å². The van der Waals surface area contributed by atoms with Crippen molar-refractivity contribution in [1.29, 1.82) is 0 Å². The van der Waals surface area contributed by atoms with Gasteiger partial charge in [0.25, 0.3) is 5.91 Å². The number of carbonyl (C=O) groups excluding carboxylic acids is 1.